The molecule has 1 aromatic heterocycles. The van der Waals surface area contributed by atoms with Gasteiger partial charge in [-0.1, -0.05) is 12.1 Å². The molecule has 2 aromatic rings. The first kappa shape index (κ1) is 12.9. The molecule has 0 spiro atoms. The highest BCUT2D eigenvalue weighted by Gasteiger charge is 2.14. The van der Waals surface area contributed by atoms with Crippen molar-refractivity contribution in [2.24, 2.45) is 0 Å². The first-order chi connectivity index (χ1) is 9.93. The summed E-state index contributed by atoms with van der Waals surface area (Å²) in [7, 11) is 0. The SMILES string of the molecule is c1ccc(N2CCOCC2)c(NCc2ccncn2)c1. The fourth-order valence-electron chi connectivity index (χ4n) is 2.31. The summed E-state index contributed by atoms with van der Waals surface area (Å²) in [5, 5.41) is 3.45. The Bertz CT molecular complexity index is 541. The molecule has 0 amide bonds. The van der Waals surface area contributed by atoms with Crippen LogP contribution >= 0.6 is 0 Å². The van der Waals surface area contributed by atoms with Crippen molar-refractivity contribution in [3.63, 3.8) is 0 Å². The second kappa shape index (κ2) is 6.34. The minimum absolute atomic E-state index is 0.698. The van der Waals surface area contributed by atoms with Crippen LogP contribution in [0.4, 0.5) is 11.4 Å². The first-order valence-corrected chi connectivity index (χ1v) is 6.84. The lowest BCUT2D eigenvalue weighted by molar-refractivity contribution is 0.123. The monoisotopic (exact) mass is 270 g/mol. The summed E-state index contributed by atoms with van der Waals surface area (Å²) in [6.45, 7) is 4.16. The number of aromatic nitrogens is 2. The standard InChI is InChI=1S/C15H18N4O/c1-2-4-15(19-7-9-20-10-8-19)14(3-1)17-11-13-5-6-16-12-18-13/h1-6,12,17H,7-11H2. The summed E-state index contributed by atoms with van der Waals surface area (Å²) in [5.41, 5.74) is 3.34. The highest BCUT2D eigenvalue weighted by molar-refractivity contribution is 5.70. The lowest BCUT2D eigenvalue weighted by Crippen LogP contribution is -2.36. The molecule has 1 N–H and O–H groups in total. The quantitative estimate of drug-likeness (QED) is 0.920. The molecule has 0 aliphatic carbocycles. The minimum Gasteiger partial charge on any atom is -0.378 e. The summed E-state index contributed by atoms with van der Waals surface area (Å²) in [5.74, 6) is 0. The van der Waals surface area contributed by atoms with Gasteiger partial charge in [0.2, 0.25) is 0 Å². The van der Waals surface area contributed by atoms with Gasteiger partial charge in [0.05, 0.1) is 36.8 Å². The molecule has 5 nitrogen and oxygen atoms in total. The van der Waals surface area contributed by atoms with Crippen LogP contribution in [0.3, 0.4) is 0 Å². The van der Waals surface area contributed by atoms with Crippen LogP contribution in [0.1, 0.15) is 5.69 Å². The van der Waals surface area contributed by atoms with Crippen molar-refractivity contribution in [2.75, 3.05) is 36.5 Å². The van der Waals surface area contributed by atoms with Crippen molar-refractivity contribution >= 4 is 11.4 Å². The zero-order chi connectivity index (χ0) is 13.6. The third-order valence-corrected chi connectivity index (χ3v) is 3.36. The number of benzene rings is 1. The molecular weight excluding hydrogens is 252 g/mol. The van der Waals surface area contributed by atoms with Gasteiger partial charge in [-0.25, -0.2) is 9.97 Å². The van der Waals surface area contributed by atoms with E-state index >= 15 is 0 Å². The molecule has 2 heterocycles. The third-order valence-electron chi connectivity index (χ3n) is 3.36. The van der Waals surface area contributed by atoms with Gasteiger partial charge in [0.1, 0.15) is 6.33 Å². The second-order valence-corrected chi connectivity index (χ2v) is 4.67. The van der Waals surface area contributed by atoms with Crippen LogP contribution in [0, 0.1) is 0 Å². The third kappa shape index (κ3) is 3.05. The molecule has 1 aromatic carbocycles. The topological polar surface area (TPSA) is 50.3 Å². The number of rotatable bonds is 4. The van der Waals surface area contributed by atoms with E-state index in [9.17, 15) is 0 Å². The maximum absolute atomic E-state index is 5.41. The number of para-hydroxylation sites is 2. The van der Waals surface area contributed by atoms with E-state index in [0.29, 0.717) is 6.54 Å². The summed E-state index contributed by atoms with van der Waals surface area (Å²) in [4.78, 5) is 10.5. The van der Waals surface area contributed by atoms with E-state index in [2.05, 4.69) is 38.4 Å². The van der Waals surface area contributed by atoms with Gasteiger partial charge in [-0.15, -0.1) is 0 Å². The number of morpholine rings is 1. The van der Waals surface area contributed by atoms with E-state index < -0.39 is 0 Å². The predicted molar refractivity (Wildman–Crippen MR) is 78.8 cm³/mol. The van der Waals surface area contributed by atoms with Gasteiger partial charge in [0, 0.05) is 19.3 Å². The Hall–Kier alpha value is -2.14. The molecule has 0 saturated carbocycles. The molecule has 0 unspecified atom stereocenters. The molecule has 1 fully saturated rings. The van der Waals surface area contributed by atoms with Crippen molar-refractivity contribution in [3.8, 4) is 0 Å². The van der Waals surface area contributed by atoms with Crippen molar-refractivity contribution in [1.82, 2.24) is 9.97 Å². The molecule has 20 heavy (non-hydrogen) atoms. The van der Waals surface area contributed by atoms with Gasteiger partial charge in [-0.3, -0.25) is 0 Å². The molecule has 5 heteroatoms. The Morgan fingerprint density at radius 2 is 2.00 bits per heavy atom. The van der Waals surface area contributed by atoms with Crippen LogP contribution in [0.15, 0.2) is 42.9 Å². The summed E-state index contributed by atoms with van der Waals surface area (Å²) in [6, 6.07) is 10.3. The number of ether oxygens (including phenoxy) is 1. The number of nitrogens with one attached hydrogen (secondary N) is 1. The van der Waals surface area contributed by atoms with Gasteiger partial charge in [0.25, 0.3) is 0 Å². The van der Waals surface area contributed by atoms with Gasteiger partial charge >= 0.3 is 0 Å². The number of hydrogen-bond acceptors (Lipinski definition) is 5. The smallest absolute Gasteiger partial charge is 0.115 e. The molecule has 0 bridgehead atoms. The van der Waals surface area contributed by atoms with E-state index in [1.165, 1.54) is 5.69 Å². The molecule has 0 atom stereocenters. The Labute approximate surface area is 118 Å². The molecule has 3 rings (SSSR count). The van der Waals surface area contributed by atoms with Crippen LogP contribution in [-0.2, 0) is 11.3 Å². The fourth-order valence-corrected chi connectivity index (χ4v) is 2.31. The number of nitrogens with zero attached hydrogens (tertiary/aromatic N) is 3. The molecule has 104 valence electrons. The maximum atomic E-state index is 5.41. The van der Waals surface area contributed by atoms with Gasteiger partial charge < -0.3 is 15.0 Å². The zero-order valence-electron chi connectivity index (χ0n) is 11.3. The van der Waals surface area contributed by atoms with Crippen molar-refractivity contribution in [2.45, 2.75) is 6.54 Å². The normalized spacial score (nSPS) is 15.1. The zero-order valence-corrected chi connectivity index (χ0v) is 11.3. The molecule has 1 aliphatic rings. The average molecular weight is 270 g/mol. The van der Waals surface area contributed by atoms with Crippen molar-refractivity contribution < 1.29 is 4.74 Å². The highest BCUT2D eigenvalue weighted by atomic mass is 16.5. The van der Waals surface area contributed by atoms with E-state index in [1.54, 1.807) is 12.5 Å². The Balaban J connectivity index is 1.72. The second-order valence-electron chi connectivity index (χ2n) is 4.67. The van der Waals surface area contributed by atoms with Crippen LogP contribution in [0.5, 0.6) is 0 Å². The van der Waals surface area contributed by atoms with E-state index in [-0.39, 0.29) is 0 Å². The van der Waals surface area contributed by atoms with E-state index in [0.717, 1.165) is 37.7 Å². The summed E-state index contributed by atoms with van der Waals surface area (Å²) < 4.78 is 5.41. The number of hydrogen-bond donors (Lipinski definition) is 1. The maximum Gasteiger partial charge on any atom is 0.115 e. The minimum atomic E-state index is 0.698. The lowest BCUT2D eigenvalue weighted by atomic mass is 10.2. The molecule has 0 radical (unpaired) electrons. The van der Waals surface area contributed by atoms with Crippen LogP contribution in [0.25, 0.3) is 0 Å². The fraction of sp³-hybridized carbons (Fsp3) is 0.333. The summed E-state index contributed by atoms with van der Waals surface area (Å²) >= 11 is 0. The van der Waals surface area contributed by atoms with E-state index in [4.69, 9.17) is 4.74 Å². The van der Waals surface area contributed by atoms with Gasteiger partial charge in [-0.05, 0) is 18.2 Å². The molecule has 1 saturated heterocycles. The average Bonchev–Trinajstić information content (AvgIpc) is 2.55. The molecule has 1 aliphatic heterocycles. The highest BCUT2D eigenvalue weighted by Crippen LogP contribution is 2.26. The van der Waals surface area contributed by atoms with Crippen LogP contribution in [-0.4, -0.2) is 36.3 Å². The summed E-state index contributed by atoms with van der Waals surface area (Å²) in [6.07, 6.45) is 3.34. The Kier molecular flexibility index (Phi) is 4.08. The first-order valence-electron chi connectivity index (χ1n) is 6.84. The van der Waals surface area contributed by atoms with Crippen LogP contribution in [0.2, 0.25) is 0 Å². The van der Waals surface area contributed by atoms with Crippen molar-refractivity contribution in [3.05, 3.63) is 48.5 Å². The van der Waals surface area contributed by atoms with Crippen molar-refractivity contribution in [1.29, 1.82) is 0 Å². The lowest BCUT2D eigenvalue weighted by Gasteiger charge is -2.30. The van der Waals surface area contributed by atoms with Gasteiger partial charge in [-0.2, -0.15) is 0 Å². The largest absolute Gasteiger partial charge is 0.378 e. The predicted octanol–water partition coefficient (Wildman–Crippen LogP) is 1.93. The Morgan fingerprint density at radius 3 is 2.80 bits per heavy atom. The van der Waals surface area contributed by atoms with Gasteiger partial charge in [0.15, 0.2) is 0 Å². The number of anilines is 2. The van der Waals surface area contributed by atoms with E-state index in [1.807, 2.05) is 12.1 Å². The molecular formula is C15H18N4O. The van der Waals surface area contributed by atoms with Crippen LogP contribution < -0.4 is 10.2 Å². The Morgan fingerprint density at radius 1 is 1.15 bits per heavy atom.